The van der Waals surface area contributed by atoms with Crippen LogP contribution in [0.1, 0.15) is 20.8 Å². The summed E-state index contributed by atoms with van der Waals surface area (Å²) >= 11 is 0. The Bertz CT molecular complexity index is 380. The highest BCUT2D eigenvalue weighted by molar-refractivity contribution is 4.98. The molecule has 13 heavy (non-hydrogen) atoms. The normalized spacial score (nSPS) is 11.3. The van der Waals surface area contributed by atoms with Crippen LogP contribution in [0.4, 0.5) is 0 Å². The molecule has 0 aliphatic heterocycles. The molecule has 1 rings (SSSR count). The maximum atomic E-state index is 11.0. The molecule has 0 fully saturated rings. The van der Waals surface area contributed by atoms with Crippen LogP contribution in [0, 0.1) is 0 Å². The van der Waals surface area contributed by atoms with Crippen LogP contribution in [-0.2, 0) is 5.54 Å². The predicted molar refractivity (Wildman–Crippen MR) is 52.0 cm³/mol. The van der Waals surface area contributed by atoms with E-state index in [1.807, 2.05) is 25.3 Å². The van der Waals surface area contributed by atoms with Crippen molar-refractivity contribution in [3.05, 3.63) is 45.0 Å². The third-order valence-corrected chi connectivity index (χ3v) is 1.79. The second-order valence-corrected chi connectivity index (χ2v) is 3.94. The average Bonchev–Trinajstić information content (AvgIpc) is 2.14. The lowest BCUT2D eigenvalue weighted by Gasteiger charge is -2.21. The van der Waals surface area contributed by atoms with Gasteiger partial charge in [0.05, 0.1) is 0 Å². The highest BCUT2D eigenvalue weighted by Crippen LogP contribution is 2.10. The van der Waals surface area contributed by atoms with Crippen molar-refractivity contribution >= 4 is 0 Å². The first kappa shape index (κ1) is 9.71. The molecule has 0 spiro atoms. The van der Waals surface area contributed by atoms with Crippen molar-refractivity contribution in [1.82, 2.24) is 4.57 Å². The van der Waals surface area contributed by atoms with Gasteiger partial charge in [0, 0.05) is 30.1 Å². The predicted octanol–water partition coefficient (Wildman–Crippen LogP) is 0.963. The molecule has 0 bridgehead atoms. The lowest BCUT2D eigenvalue weighted by atomic mass is 10.1. The molecule has 0 aliphatic carbocycles. The molecule has 1 aromatic rings. The largest absolute Gasteiger partial charge is 0.349 e. The minimum atomic E-state index is -0.469. The van der Waals surface area contributed by atoms with Crippen LogP contribution in [0.5, 0.6) is 0 Å². The number of hydrogen-bond donors (Lipinski definition) is 0. The summed E-state index contributed by atoms with van der Waals surface area (Å²) in [4.78, 5) is 21.9. The summed E-state index contributed by atoms with van der Waals surface area (Å²) in [6, 6.07) is 2.60. The minimum absolute atomic E-state index is 0.113. The fraction of sp³-hybridized carbons (Fsp3) is 0.400. The molecular weight excluding hydrogens is 166 g/mol. The Hall–Kier alpha value is -1.38. The summed E-state index contributed by atoms with van der Waals surface area (Å²) < 4.78 is 1.83. The minimum Gasteiger partial charge on any atom is -0.349 e. The molecule has 0 radical (unpaired) electrons. The summed E-state index contributed by atoms with van der Waals surface area (Å²) in [5.41, 5.74) is -1.05. The Morgan fingerprint density at radius 1 is 1.00 bits per heavy atom. The molecule has 3 heteroatoms. The molecule has 0 atom stereocenters. The van der Waals surface area contributed by atoms with Gasteiger partial charge in [-0.05, 0) is 20.8 Å². The first-order valence-electron chi connectivity index (χ1n) is 4.14. The van der Waals surface area contributed by atoms with Crippen molar-refractivity contribution in [2.24, 2.45) is 0 Å². The van der Waals surface area contributed by atoms with Crippen LogP contribution < -0.4 is 10.9 Å². The molecule has 0 saturated carbocycles. The number of aromatic nitrogens is 1. The van der Waals surface area contributed by atoms with Gasteiger partial charge in [0.15, 0.2) is 0 Å². The second kappa shape index (κ2) is 3.17. The Balaban J connectivity index is 3.42. The standard InChI is InChI=1S/C10H13NO2/c1-10(2,3)11-6-4-8(12)9(13)5-7-11/h4-7H,1-3H3. The zero-order chi connectivity index (χ0) is 10.1. The number of hydrogen-bond acceptors (Lipinski definition) is 2. The van der Waals surface area contributed by atoms with Crippen LogP contribution >= 0.6 is 0 Å². The van der Waals surface area contributed by atoms with Gasteiger partial charge in [0.1, 0.15) is 0 Å². The molecule has 1 aromatic heterocycles. The Morgan fingerprint density at radius 2 is 1.38 bits per heavy atom. The molecule has 1 heterocycles. The first-order chi connectivity index (χ1) is 5.91. The van der Waals surface area contributed by atoms with Crippen molar-refractivity contribution in [2.45, 2.75) is 26.3 Å². The molecule has 3 nitrogen and oxygen atoms in total. The number of nitrogens with zero attached hydrogens (tertiary/aromatic N) is 1. The maximum Gasteiger partial charge on any atom is 0.227 e. The third-order valence-electron chi connectivity index (χ3n) is 1.79. The van der Waals surface area contributed by atoms with E-state index in [4.69, 9.17) is 0 Å². The van der Waals surface area contributed by atoms with Crippen molar-refractivity contribution in [3.63, 3.8) is 0 Å². The Labute approximate surface area is 76.7 Å². The van der Waals surface area contributed by atoms with Crippen LogP contribution in [-0.4, -0.2) is 4.57 Å². The maximum absolute atomic E-state index is 11.0. The topological polar surface area (TPSA) is 39.1 Å². The third kappa shape index (κ3) is 2.28. The molecule has 0 aromatic carbocycles. The average molecular weight is 179 g/mol. The number of rotatable bonds is 0. The van der Waals surface area contributed by atoms with Crippen molar-refractivity contribution in [3.8, 4) is 0 Å². The molecule has 0 amide bonds. The summed E-state index contributed by atoms with van der Waals surface area (Å²) in [5.74, 6) is 0. The van der Waals surface area contributed by atoms with E-state index in [0.717, 1.165) is 0 Å². The lowest BCUT2D eigenvalue weighted by Crippen LogP contribution is -2.20. The molecule has 0 unspecified atom stereocenters. The fourth-order valence-corrected chi connectivity index (χ4v) is 0.957. The highest BCUT2D eigenvalue weighted by Gasteiger charge is 2.09. The second-order valence-electron chi connectivity index (χ2n) is 3.94. The van der Waals surface area contributed by atoms with Gasteiger partial charge < -0.3 is 4.57 Å². The van der Waals surface area contributed by atoms with Gasteiger partial charge in [0.2, 0.25) is 10.9 Å². The molecule has 0 aliphatic rings. The van der Waals surface area contributed by atoms with E-state index in [0.29, 0.717) is 0 Å². The Kier molecular flexibility index (Phi) is 2.36. The van der Waals surface area contributed by atoms with Crippen molar-refractivity contribution in [2.75, 3.05) is 0 Å². The smallest absolute Gasteiger partial charge is 0.227 e. The van der Waals surface area contributed by atoms with Crippen LogP contribution in [0.2, 0.25) is 0 Å². The molecule has 0 N–H and O–H groups in total. The van der Waals surface area contributed by atoms with Gasteiger partial charge in [-0.1, -0.05) is 0 Å². The van der Waals surface area contributed by atoms with Crippen molar-refractivity contribution < 1.29 is 0 Å². The summed E-state index contributed by atoms with van der Waals surface area (Å²) in [6.07, 6.45) is 3.26. The van der Waals surface area contributed by atoms with E-state index in [1.165, 1.54) is 12.1 Å². The first-order valence-corrected chi connectivity index (χ1v) is 4.14. The van der Waals surface area contributed by atoms with Crippen LogP contribution in [0.15, 0.2) is 34.1 Å². The van der Waals surface area contributed by atoms with Crippen molar-refractivity contribution in [1.29, 1.82) is 0 Å². The van der Waals surface area contributed by atoms with E-state index in [2.05, 4.69) is 0 Å². The van der Waals surface area contributed by atoms with Gasteiger partial charge in [-0.2, -0.15) is 0 Å². The lowest BCUT2D eigenvalue weighted by molar-refractivity contribution is 0.396. The van der Waals surface area contributed by atoms with E-state index in [-0.39, 0.29) is 5.54 Å². The SMILES string of the molecule is CC(C)(C)n1ccc(=O)c(=O)cc1. The monoisotopic (exact) mass is 179 g/mol. The zero-order valence-electron chi connectivity index (χ0n) is 8.07. The van der Waals surface area contributed by atoms with Crippen LogP contribution in [0.3, 0.4) is 0 Å². The summed E-state index contributed by atoms with van der Waals surface area (Å²) in [5, 5.41) is 0. The van der Waals surface area contributed by atoms with E-state index < -0.39 is 10.9 Å². The van der Waals surface area contributed by atoms with Crippen LogP contribution in [0.25, 0.3) is 0 Å². The fourth-order valence-electron chi connectivity index (χ4n) is 0.957. The molecular formula is C10H13NO2. The van der Waals surface area contributed by atoms with E-state index in [9.17, 15) is 9.59 Å². The van der Waals surface area contributed by atoms with Gasteiger partial charge in [-0.25, -0.2) is 0 Å². The van der Waals surface area contributed by atoms with Gasteiger partial charge in [-0.15, -0.1) is 0 Å². The van der Waals surface area contributed by atoms with E-state index >= 15 is 0 Å². The zero-order valence-corrected chi connectivity index (χ0v) is 8.07. The Morgan fingerprint density at radius 3 is 1.69 bits per heavy atom. The molecule has 70 valence electrons. The van der Waals surface area contributed by atoms with Gasteiger partial charge >= 0.3 is 0 Å². The summed E-state index contributed by atoms with van der Waals surface area (Å²) in [6.45, 7) is 6.01. The quantitative estimate of drug-likeness (QED) is 0.556. The summed E-state index contributed by atoms with van der Waals surface area (Å²) in [7, 11) is 0. The van der Waals surface area contributed by atoms with Gasteiger partial charge in [-0.3, -0.25) is 9.59 Å². The van der Waals surface area contributed by atoms with Gasteiger partial charge in [0.25, 0.3) is 0 Å². The molecule has 0 saturated heterocycles. The highest BCUT2D eigenvalue weighted by atomic mass is 16.2. The van der Waals surface area contributed by atoms with E-state index in [1.54, 1.807) is 12.4 Å².